The fraction of sp³-hybridized carbons (Fsp3) is 0.462. The summed E-state index contributed by atoms with van der Waals surface area (Å²) < 4.78 is 11.1. The standard InChI is InChI=1S/C26H34N2O4/c1-19-10-9-11-21(16-19)17-28(20(2)26(30)27-22-12-5-4-6-13-22)25(29)18-32-24-15-8-7-14-23(24)31-3/h7-11,14-16,20,22H,4-6,12-13,17-18H2,1-3H3,(H,27,30). The van der Waals surface area contributed by atoms with Crippen molar-refractivity contribution < 1.29 is 19.1 Å². The van der Waals surface area contributed by atoms with E-state index in [1.165, 1.54) is 6.42 Å². The number of nitrogens with one attached hydrogen (secondary N) is 1. The van der Waals surface area contributed by atoms with Crippen molar-refractivity contribution in [2.75, 3.05) is 13.7 Å². The van der Waals surface area contributed by atoms with Crippen LogP contribution in [0.5, 0.6) is 11.5 Å². The molecule has 6 nitrogen and oxygen atoms in total. The van der Waals surface area contributed by atoms with Crippen LogP contribution < -0.4 is 14.8 Å². The molecule has 0 aliphatic heterocycles. The van der Waals surface area contributed by atoms with Crippen LogP contribution in [0.4, 0.5) is 0 Å². The Balaban J connectivity index is 1.72. The molecule has 172 valence electrons. The summed E-state index contributed by atoms with van der Waals surface area (Å²) in [5.74, 6) is 0.700. The number of methoxy groups -OCH3 is 1. The van der Waals surface area contributed by atoms with E-state index in [0.717, 1.165) is 36.8 Å². The zero-order valence-corrected chi connectivity index (χ0v) is 19.3. The molecule has 0 radical (unpaired) electrons. The zero-order chi connectivity index (χ0) is 22.9. The van der Waals surface area contributed by atoms with E-state index in [4.69, 9.17) is 9.47 Å². The number of benzene rings is 2. The van der Waals surface area contributed by atoms with Crippen LogP contribution >= 0.6 is 0 Å². The summed E-state index contributed by atoms with van der Waals surface area (Å²) in [5, 5.41) is 3.15. The molecule has 1 aliphatic carbocycles. The first-order valence-electron chi connectivity index (χ1n) is 11.4. The number of ether oxygens (including phenoxy) is 2. The maximum absolute atomic E-state index is 13.2. The van der Waals surface area contributed by atoms with Gasteiger partial charge in [-0.05, 0) is 44.4 Å². The number of hydrogen-bond donors (Lipinski definition) is 1. The summed E-state index contributed by atoms with van der Waals surface area (Å²) in [7, 11) is 1.56. The topological polar surface area (TPSA) is 67.9 Å². The van der Waals surface area contributed by atoms with Gasteiger partial charge in [0, 0.05) is 12.6 Å². The summed E-state index contributed by atoms with van der Waals surface area (Å²) in [4.78, 5) is 27.8. The van der Waals surface area contributed by atoms with Crippen LogP contribution in [0.1, 0.15) is 50.2 Å². The van der Waals surface area contributed by atoms with Crippen LogP contribution in [0.2, 0.25) is 0 Å². The minimum absolute atomic E-state index is 0.116. The van der Waals surface area contributed by atoms with Gasteiger partial charge in [-0.1, -0.05) is 61.2 Å². The van der Waals surface area contributed by atoms with Crippen molar-refractivity contribution in [3.8, 4) is 11.5 Å². The SMILES string of the molecule is COc1ccccc1OCC(=O)N(Cc1cccc(C)c1)C(C)C(=O)NC1CCCCC1. The Hall–Kier alpha value is -3.02. The molecule has 32 heavy (non-hydrogen) atoms. The first-order chi connectivity index (χ1) is 15.5. The molecule has 1 saturated carbocycles. The van der Waals surface area contributed by atoms with Crippen LogP contribution in [-0.2, 0) is 16.1 Å². The van der Waals surface area contributed by atoms with E-state index in [2.05, 4.69) is 5.32 Å². The van der Waals surface area contributed by atoms with Crippen molar-refractivity contribution in [1.82, 2.24) is 10.2 Å². The summed E-state index contributed by atoms with van der Waals surface area (Å²) >= 11 is 0. The minimum Gasteiger partial charge on any atom is -0.493 e. The summed E-state index contributed by atoms with van der Waals surface area (Å²) in [5.41, 5.74) is 2.09. The highest BCUT2D eigenvalue weighted by molar-refractivity contribution is 5.88. The van der Waals surface area contributed by atoms with Gasteiger partial charge in [0.2, 0.25) is 5.91 Å². The monoisotopic (exact) mass is 438 g/mol. The Bertz CT molecular complexity index is 908. The van der Waals surface area contributed by atoms with Gasteiger partial charge in [0.1, 0.15) is 6.04 Å². The molecule has 6 heteroatoms. The van der Waals surface area contributed by atoms with Gasteiger partial charge in [-0.15, -0.1) is 0 Å². The maximum Gasteiger partial charge on any atom is 0.261 e. The lowest BCUT2D eigenvalue weighted by Crippen LogP contribution is -2.51. The summed E-state index contributed by atoms with van der Waals surface area (Å²) in [6.45, 7) is 3.97. The second-order valence-electron chi connectivity index (χ2n) is 8.47. The first kappa shape index (κ1) is 23.6. The van der Waals surface area contributed by atoms with Crippen molar-refractivity contribution in [2.45, 2.75) is 64.6 Å². The van der Waals surface area contributed by atoms with E-state index in [1.807, 2.05) is 43.3 Å². The number of amides is 2. The van der Waals surface area contributed by atoms with Crippen molar-refractivity contribution in [3.05, 3.63) is 59.7 Å². The van der Waals surface area contributed by atoms with Gasteiger partial charge in [0.15, 0.2) is 18.1 Å². The molecular weight excluding hydrogens is 404 g/mol. The van der Waals surface area contributed by atoms with Crippen LogP contribution in [-0.4, -0.2) is 42.5 Å². The normalized spacial score (nSPS) is 15.0. The van der Waals surface area contributed by atoms with Crippen molar-refractivity contribution >= 4 is 11.8 Å². The predicted octanol–water partition coefficient (Wildman–Crippen LogP) is 4.25. The highest BCUT2D eigenvalue weighted by Crippen LogP contribution is 2.26. The van der Waals surface area contributed by atoms with Gasteiger partial charge in [-0.2, -0.15) is 0 Å². The molecule has 1 unspecified atom stereocenters. The molecule has 2 amide bonds. The Labute approximate surface area is 190 Å². The zero-order valence-electron chi connectivity index (χ0n) is 19.3. The Morgan fingerprint density at radius 2 is 1.78 bits per heavy atom. The molecule has 0 heterocycles. The molecular formula is C26H34N2O4. The van der Waals surface area contributed by atoms with E-state index in [0.29, 0.717) is 18.0 Å². The smallest absolute Gasteiger partial charge is 0.261 e. The number of para-hydroxylation sites is 2. The highest BCUT2D eigenvalue weighted by atomic mass is 16.5. The third-order valence-electron chi connectivity index (χ3n) is 5.97. The Kier molecular flexibility index (Phi) is 8.54. The van der Waals surface area contributed by atoms with Gasteiger partial charge >= 0.3 is 0 Å². The minimum atomic E-state index is -0.605. The lowest BCUT2D eigenvalue weighted by Gasteiger charge is -2.31. The number of carbonyl (C=O) groups excluding carboxylic acids is 2. The van der Waals surface area contributed by atoms with Crippen LogP contribution in [0.25, 0.3) is 0 Å². The number of hydrogen-bond acceptors (Lipinski definition) is 4. The molecule has 0 bridgehead atoms. The third kappa shape index (κ3) is 6.49. The summed E-state index contributed by atoms with van der Waals surface area (Å²) in [6, 6.07) is 14.8. The largest absolute Gasteiger partial charge is 0.493 e. The number of aryl methyl sites for hydroxylation is 1. The van der Waals surface area contributed by atoms with E-state index in [9.17, 15) is 9.59 Å². The quantitative estimate of drug-likeness (QED) is 0.636. The highest BCUT2D eigenvalue weighted by Gasteiger charge is 2.28. The molecule has 1 aliphatic rings. The Morgan fingerprint density at radius 1 is 1.06 bits per heavy atom. The third-order valence-corrected chi connectivity index (χ3v) is 5.97. The molecule has 1 fully saturated rings. The molecule has 1 N–H and O–H groups in total. The van der Waals surface area contributed by atoms with Crippen LogP contribution in [0.3, 0.4) is 0 Å². The van der Waals surface area contributed by atoms with Gasteiger partial charge in [-0.3, -0.25) is 9.59 Å². The van der Waals surface area contributed by atoms with E-state index < -0.39 is 6.04 Å². The average Bonchev–Trinajstić information content (AvgIpc) is 2.81. The van der Waals surface area contributed by atoms with Crippen LogP contribution in [0, 0.1) is 6.92 Å². The molecule has 1 atom stereocenters. The number of rotatable bonds is 9. The Morgan fingerprint density at radius 3 is 2.47 bits per heavy atom. The maximum atomic E-state index is 13.2. The second kappa shape index (κ2) is 11.6. The predicted molar refractivity (Wildman–Crippen MR) is 125 cm³/mol. The molecule has 0 aromatic heterocycles. The lowest BCUT2D eigenvalue weighted by molar-refractivity contribution is -0.142. The van der Waals surface area contributed by atoms with E-state index in [-0.39, 0.29) is 24.5 Å². The van der Waals surface area contributed by atoms with Crippen molar-refractivity contribution in [3.63, 3.8) is 0 Å². The summed E-state index contributed by atoms with van der Waals surface area (Å²) in [6.07, 6.45) is 5.50. The second-order valence-corrected chi connectivity index (χ2v) is 8.47. The van der Waals surface area contributed by atoms with Gasteiger partial charge in [-0.25, -0.2) is 0 Å². The number of nitrogens with zero attached hydrogens (tertiary/aromatic N) is 1. The van der Waals surface area contributed by atoms with Gasteiger partial charge in [0.05, 0.1) is 7.11 Å². The fourth-order valence-electron chi connectivity index (χ4n) is 4.12. The van der Waals surface area contributed by atoms with Crippen LogP contribution in [0.15, 0.2) is 48.5 Å². The fourth-order valence-corrected chi connectivity index (χ4v) is 4.12. The van der Waals surface area contributed by atoms with E-state index >= 15 is 0 Å². The molecule has 2 aromatic rings. The first-order valence-corrected chi connectivity index (χ1v) is 11.4. The molecule has 3 rings (SSSR count). The van der Waals surface area contributed by atoms with Gasteiger partial charge in [0.25, 0.3) is 5.91 Å². The molecule has 0 spiro atoms. The van der Waals surface area contributed by atoms with Crippen molar-refractivity contribution in [1.29, 1.82) is 0 Å². The van der Waals surface area contributed by atoms with Crippen molar-refractivity contribution in [2.24, 2.45) is 0 Å². The van der Waals surface area contributed by atoms with Gasteiger partial charge < -0.3 is 19.7 Å². The number of carbonyl (C=O) groups is 2. The lowest BCUT2D eigenvalue weighted by atomic mass is 9.95. The molecule has 0 saturated heterocycles. The van der Waals surface area contributed by atoms with E-state index in [1.54, 1.807) is 31.1 Å². The average molecular weight is 439 g/mol. The molecule has 2 aromatic carbocycles.